The van der Waals surface area contributed by atoms with E-state index in [1.54, 1.807) is 12.1 Å². The van der Waals surface area contributed by atoms with Crippen molar-refractivity contribution >= 4 is 47.8 Å². The zero-order chi connectivity index (χ0) is 7.72. The van der Waals surface area contributed by atoms with E-state index in [9.17, 15) is 5.11 Å². The molecule has 1 N–H and O–H groups in total. The summed E-state index contributed by atoms with van der Waals surface area (Å²) in [6.45, 7) is 0. The number of rotatable bonds is 0. The molecule has 0 unspecified atom stereocenters. The van der Waals surface area contributed by atoms with Crippen LogP contribution in [0.25, 0.3) is 0 Å². The van der Waals surface area contributed by atoms with E-state index in [4.69, 9.17) is 0 Å². The van der Waals surface area contributed by atoms with Gasteiger partial charge in [0.25, 0.3) is 0 Å². The van der Waals surface area contributed by atoms with Crippen LogP contribution in [0.1, 0.15) is 1.43 Å². The van der Waals surface area contributed by atoms with Crippen molar-refractivity contribution in [2.24, 2.45) is 0 Å². The summed E-state index contributed by atoms with van der Waals surface area (Å²) < 4.78 is 2.27. The molecule has 0 aliphatic heterocycles. The molecular formula is C6H4Br3KO. The van der Waals surface area contributed by atoms with Crippen LogP contribution >= 0.6 is 47.8 Å². The standard InChI is InChI=1S/C6H3Br3O.K.H/c7-3-1-4(8)6(10)5(9)2-3;;/h1-2,10H;;/q;+1;-1. The molecule has 0 atom stereocenters. The summed E-state index contributed by atoms with van der Waals surface area (Å²) in [6, 6.07) is 3.56. The van der Waals surface area contributed by atoms with Gasteiger partial charge in [-0.25, -0.2) is 0 Å². The number of hydrogen-bond acceptors (Lipinski definition) is 1. The first-order chi connectivity index (χ1) is 4.61. The van der Waals surface area contributed by atoms with Gasteiger partial charge in [-0.15, -0.1) is 0 Å². The second-order valence-electron chi connectivity index (χ2n) is 1.72. The fourth-order valence-corrected chi connectivity index (χ4v) is 2.79. The molecule has 1 aromatic rings. The Morgan fingerprint density at radius 1 is 1.09 bits per heavy atom. The minimum absolute atomic E-state index is 0. The molecule has 0 aliphatic carbocycles. The van der Waals surface area contributed by atoms with Crippen LogP contribution in [0.4, 0.5) is 0 Å². The number of hydrogen-bond donors (Lipinski definition) is 1. The van der Waals surface area contributed by atoms with Crippen LogP contribution < -0.4 is 51.4 Å². The third kappa shape index (κ3) is 3.77. The molecule has 1 nitrogen and oxygen atoms in total. The van der Waals surface area contributed by atoms with Crippen LogP contribution in [0.2, 0.25) is 0 Å². The zero-order valence-corrected chi connectivity index (χ0v) is 13.6. The molecule has 56 valence electrons. The first-order valence-corrected chi connectivity index (χ1v) is 4.82. The molecule has 11 heavy (non-hydrogen) atoms. The SMILES string of the molecule is Oc1c(Br)cc(Br)cc1Br.[H-].[K+]. The van der Waals surface area contributed by atoms with Crippen molar-refractivity contribution in [2.75, 3.05) is 0 Å². The molecular weight excluding hydrogens is 367 g/mol. The van der Waals surface area contributed by atoms with Gasteiger partial charge in [0, 0.05) is 4.47 Å². The quantitative estimate of drug-likeness (QED) is 0.670. The summed E-state index contributed by atoms with van der Waals surface area (Å²) in [5, 5.41) is 9.22. The Bertz CT molecular complexity index is 246. The smallest absolute Gasteiger partial charge is 1.00 e. The minimum Gasteiger partial charge on any atom is -1.00 e. The molecule has 1 rings (SSSR count). The summed E-state index contributed by atoms with van der Waals surface area (Å²) >= 11 is 9.65. The van der Waals surface area contributed by atoms with Gasteiger partial charge in [0.1, 0.15) is 5.75 Å². The Morgan fingerprint density at radius 3 is 1.82 bits per heavy atom. The van der Waals surface area contributed by atoms with Gasteiger partial charge in [0.05, 0.1) is 8.95 Å². The molecule has 5 heteroatoms. The van der Waals surface area contributed by atoms with Crippen LogP contribution in [0.5, 0.6) is 5.75 Å². The summed E-state index contributed by atoms with van der Waals surface area (Å²) in [7, 11) is 0. The van der Waals surface area contributed by atoms with Crippen molar-refractivity contribution in [3.05, 3.63) is 25.6 Å². The van der Waals surface area contributed by atoms with Gasteiger partial charge in [-0.2, -0.15) is 0 Å². The molecule has 1 aromatic carbocycles. The van der Waals surface area contributed by atoms with Gasteiger partial charge in [-0.05, 0) is 44.0 Å². The van der Waals surface area contributed by atoms with E-state index in [1.165, 1.54) is 0 Å². The van der Waals surface area contributed by atoms with E-state index in [0.29, 0.717) is 8.95 Å². The van der Waals surface area contributed by atoms with Gasteiger partial charge in [-0.1, -0.05) is 15.9 Å². The van der Waals surface area contributed by atoms with Crippen LogP contribution in [0.15, 0.2) is 25.6 Å². The number of aromatic hydroxyl groups is 1. The maximum Gasteiger partial charge on any atom is 1.00 e. The Hall–Kier alpha value is 2.10. The second kappa shape index (κ2) is 5.75. The topological polar surface area (TPSA) is 20.2 Å². The van der Waals surface area contributed by atoms with Crippen LogP contribution in [0.3, 0.4) is 0 Å². The Kier molecular flexibility index (Phi) is 6.84. The molecule has 0 saturated heterocycles. The third-order valence-corrected chi connectivity index (χ3v) is 2.65. The average molecular weight is 371 g/mol. The predicted octanol–water partition coefficient (Wildman–Crippen LogP) is 0.796. The molecule has 0 aromatic heterocycles. The van der Waals surface area contributed by atoms with E-state index < -0.39 is 0 Å². The number of phenolic OH excluding ortho intramolecular Hbond substituents is 1. The van der Waals surface area contributed by atoms with Crippen molar-refractivity contribution in [2.45, 2.75) is 0 Å². The molecule has 0 heterocycles. The van der Waals surface area contributed by atoms with E-state index in [2.05, 4.69) is 47.8 Å². The molecule has 0 saturated carbocycles. The summed E-state index contributed by atoms with van der Waals surface area (Å²) in [5.74, 6) is 0.225. The average Bonchev–Trinajstić information content (AvgIpc) is 1.82. The third-order valence-electron chi connectivity index (χ3n) is 0.982. The number of benzene rings is 1. The largest absolute Gasteiger partial charge is 1.00 e. The van der Waals surface area contributed by atoms with Crippen molar-refractivity contribution in [1.29, 1.82) is 0 Å². The maximum absolute atomic E-state index is 9.22. The van der Waals surface area contributed by atoms with Crippen LogP contribution in [0, 0.1) is 0 Å². The first-order valence-electron chi connectivity index (χ1n) is 2.45. The van der Waals surface area contributed by atoms with Crippen molar-refractivity contribution < 1.29 is 57.9 Å². The normalized spacial score (nSPS) is 9.00. The second-order valence-corrected chi connectivity index (χ2v) is 4.34. The van der Waals surface area contributed by atoms with Gasteiger partial charge >= 0.3 is 51.4 Å². The van der Waals surface area contributed by atoms with Crippen molar-refractivity contribution in [3.8, 4) is 5.75 Å². The monoisotopic (exact) mass is 368 g/mol. The summed E-state index contributed by atoms with van der Waals surface area (Å²) in [6.07, 6.45) is 0. The van der Waals surface area contributed by atoms with Crippen LogP contribution in [-0.2, 0) is 0 Å². The molecule has 0 fully saturated rings. The molecule has 0 spiro atoms. The van der Waals surface area contributed by atoms with Gasteiger partial charge in [0.2, 0.25) is 0 Å². The van der Waals surface area contributed by atoms with Gasteiger partial charge < -0.3 is 6.53 Å². The molecule has 0 amide bonds. The fraction of sp³-hybridized carbons (Fsp3) is 0. The Labute approximate surface area is 134 Å². The number of halogens is 3. The molecule has 0 aliphatic rings. The molecule has 0 radical (unpaired) electrons. The molecule has 0 bridgehead atoms. The fourth-order valence-electron chi connectivity index (χ4n) is 0.535. The van der Waals surface area contributed by atoms with Gasteiger partial charge in [-0.3, -0.25) is 0 Å². The first kappa shape index (κ1) is 13.1. The van der Waals surface area contributed by atoms with E-state index in [1.807, 2.05) is 0 Å². The van der Waals surface area contributed by atoms with E-state index in [-0.39, 0.29) is 58.6 Å². The Balaban J connectivity index is 0. The van der Waals surface area contributed by atoms with Crippen molar-refractivity contribution in [1.82, 2.24) is 0 Å². The minimum atomic E-state index is 0. The summed E-state index contributed by atoms with van der Waals surface area (Å²) in [4.78, 5) is 0. The summed E-state index contributed by atoms with van der Waals surface area (Å²) in [5.41, 5.74) is 0. The van der Waals surface area contributed by atoms with Crippen molar-refractivity contribution in [3.63, 3.8) is 0 Å². The Morgan fingerprint density at radius 2 is 1.45 bits per heavy atom. The maximum atomic E-state index is 9.22. The van der Waals surface area contributed by atoms with E-state index in [0.717, 1.165) is 4.47 Å². The van der Waals surface area contributed by atoms with Gasteiger partial charge in [0.15, 0.2) is 0 Å². The van der Waals surface area contributed by atoms with E-state index >= 15 is 0 Å². The number of phenols is 1. The van der Waals surface area contributed by atoms with Crippen LogP contribution in [-0.4, -0.2) is 5.11 Å². The zero-order valence-electron chi connectivity index (χ0n) is 6.74. The predicted molar refractivity (Wildman–Crippen MR) is 52.3 cm³/mol.